The Balaban J connectivity index is 2.15. The van der Waals surface area contributed by atoms with Gasteiger partial charge >= 0.3 is 0 Å². The van der Waals surface area contributed by atoms with E-state index in [0.29, 0.717) is 5.15 Å². The van der Waals surface area contributed by atoms with Crippen LogP contribution in [0.3, 0.4) is 0 Å². The Morgan fingerprint density at radius 2 is 1.70 bits per heavy atom. The van der Waals surface area contributed by atoms with Crippen LogP contribution in [0.1, 0.15) is 25.6 Å². The van der Waals surface area contributed by atoms with Gasteiger partial charge in [-0.05, 0) is 12.1 Å². The lowest BCUT2D eigenvalue weighted by Crippen LogP contribution is -2.00. The highest BCUT2D eigenvalue weighted by molar-refractivity contribution is 6.29. The van der Waals surface area contributed by atoms with Gasteiger partial charge in [-0.2, -0.15) is 0 Å². The number of fused-ring (bicyclic) bond motifs is 1. The van der Waals surface area contributed by atoms with Crippen molar-refractivity contribution in [3.8, 4) is 11.4 Å². The van der Waals surface area contributed by atoms with Gasteiger partial charge in [-0.1, -0.05) is 49.7 Å². The number of rotatable bonds is 2. The Kier molecular flexibility index (Phi) is 3.36. The molecule has 1 aromatic carbocycles. The van der Waals surface area contributed by atoms with Crippen molar-refractivity contribution in [3.05, 3.63) is 53.4 Å². The lowest BCUT2D eigenvalue weighted by molar-refractivity contribution is 0.775. The van der Waals surface area contributed by atoms with Crippen LogP contribution < -0.4 is 0 Å². The van der Waals surface area contributed by atoms with Crippen LogP contribution in [0.25, 0.3) is 22.3 Å². The molecule has 2 heterocycles. The molecule has 0 aliphatic heterocycles. The average Bonchev–Trinajstić information content (AvgIpc) is 2.46. The third-order valence-electron chi connectivity index (χ3n) is 3.09. The molecule has 2 aromatic heterocycles. The Morgan fingerprint density at radius 3 is 2.50 bits per heavy atom. The second-order valence-electron chi connectivity index (χ2n) is 4.98. The van der Waals surface area contributed by atoms with Crippen molar-refractivity contribution in [2.75, 3.05) is 0 Å². The van der Waals surface area contributed by atoms with E-state index in [0.717, 1.165) is 28.1 Å². The molecule has 4 heteroatoms. The van der Waals surface area contributed by atoms with E-state index in [1.54, 1.807) is 6.07 Å². The van der Waals surface area contributed by atoms with Gasteiger partial charge in [0, 0.05) is 17.4 Å². The van der Waals surface area contributed by atoms with Gasteiger partial charge in [0.1, 0.15) is 11.0 Å². The molecule has 0 atom stereocenters. The van der Waals surface area contributed by atoms with Crippen LogP contribution in [-0.4, -0.2) is 15.0 Å². The fourth-order valence-electron chi connectivity index (χ4n) is 2.03. The molecule has 0 radical (unpaired) electrons. The van der Waals surface area contributed by atoms with Crippen molar-refractivity contribution in [2.45, 2.75) is 19.8 Å². The highest BCUT2D eigenvalue weighted by atomic mass is 35.5. The summed E-state index contributed by atoms with van der Waals surface area (Å²) >= 11 is 6.08. The van der Waals surface area contributed by atoms with Crippen LogP contribution >= 0.6 is 11.6 Å². The number of nitrogens with zero attached hydrogens (tertiary/aromatic N) is 3. The minimum Gasteiger partial charge on any atom is -0.246 e. The zero-order valence-corrected chi connectivity index (χ0v) is 12.1. The predicted molar refractivity (Wildman–Crippen MR) is 81.9 cm³/mol. The highest BCUT2D eigenvalue weighted by Gasteiger charge is 2.10. The van der Waals surface area contributed by atoms with E-state index >= 15 is 0 Å². The highest BCUT2D eigenvalue weighted by Crippen LogP contribution is 2.23. The summed E-state index contributed by atoms with van der Waals surface area (Å²) in [6.45, 7) is 4.09. The van der Waals surface area contributed by atoms with E-state index in [4.69, 9.17) is 11.6 Å². The maximum absolute atomic E-state index is 6.08. The summed E-state index contributed by atoms with van der Waals surface area (Å²) in [6.07, 6.45) is 0. The van der Waals surface area contributed by atoms with E-state index in [-0.39, 0.29) is 5.92 Å². The molecule has 0 aliphatic rings. The summed E-state index contributed by atoms with van der Waals surface area (Å²) in [5, 5.41) is 1.56. The summed E-state index contributed by atoms with van der Waals surface area (Å²) in [4.78, 5) is 13.4. The van der Waals surface area contributed by atoms with Gasteiger partial charge in [-0.25, -0.2) is 15.0 Å². The van der Waals surface area contributed by atoms with Crippen molar-refractivity contribution in [1.82, 2.24) is 15.0 Å². The van der Waals surface area contributed by atoms with E-state index in [1.807, 2.05) is 50.2 Å². The summed E-state index contributed by atoms with van der Waals surface area (Å²) in [7, 11) is 0. The SMILES string of the molecule is CC(C)c1nc(Cl)cc(-c2ccc3ccccc3n2)n1. The molecule has 0 saturated heterocycles. The fourth-order valence-corrected chi connectivity index (χ4v) is 2.22. The van der Waals surface area contributed by atoms with E-state index in [2.05, 4.69) is 15.0 Å². The topological polar surface area (TPSA) is 38.7 Å². The average molecular weight is 284 g/mol. The molecule has 0 spiro atoms. The molecule has 3 aromatic rings. The van der Waals surface area contributed by atoms with Crippen LogP contribution in [0.2, 0.25) is 5.15 Å². The zero-order chi connectivity index (χ0) is 14.1. The van der Waals surface area contributed by atoms with Gasteiger partial charge in [0.25, 0.3) is 0 Å². The maximum Gasteiger partial charge on any atom is 0.133 e. The molecule has 3 rings (SSSR count). The van der Waals surface area contributed by atoms with Gasteiger partial charge in [0.05, 0.1) is 16.9 Å². The third kappa shape index (κ3) is 2.49. The molecule has 0 unspecified atom stereocenters. The quantitative estimate of drug-likeness (QED) is 0.651. The number of hydrogen-bond donors (Lipinski definition) is 0. The lowest BCUT2D eigenvalue weighted by Gasteiger charge is -2.07. The van der Waals surface area contributed by atoms with Gasteiger partial charge in [-0.3, -0.25) is 0 Å². The molecule has 20 heavy (non-hydrogen) atoms. The predicted octanol–water partition coefficient (Wildman–Crippen LogP) is 4.47. The molecule has 0 fully saturated rings. The molecule has 0 bridgehead atoms. The molecule has 0 saturated carbocycles. The van der Waals surface area contributed by atoms with Gasteiger partial charge in [-0.15, -0.1) is 0 Å². The largest absolute Gasteiger partial charge is 0.246 e. The second-order valence-corrected chi connectivity index (χ2v) is 5.37. The number of pyridine rings is 1. The fraction of sp³-hybridized carbons (Fsp3) is 0.188. The molecule has 3 nitrogen and oxygen atoms in total. The van der Waals surface area contributed by atoms with Crippen molar-refractivity contribution < 1.29 is 0 Å². The van der Waals surface area contributed by atoms with E-state index in [1.165, 1.54) is 0 Å². The van der Waals surface area contributed by atoms with Crippen LogP contribution in [0, 0.1) is 0 Å². The Bertz CT molecular complexity index is 769. The smallest absolute Gasteiger partial charge is 0.133 e. The van der Waals surface area contributed by atoms with Crippen LogP contribution in [0.15, 0.2) is 42.5 Å². The molecular weight excluding hydrogens is 270 g/mol. The second kappa shape index (κ2) is 5.17. The first kappa shape index (κ1) is 13.0. The summed E-state index contributed by atoms with van der Waals surface area (Å²) < 4.78 is 0. The summed E-state index contributed by atoms with van der Waals surface area (Å²) in [6, 6.07) is 13.8. The van der Waals surface area contributed by atoms with Crippen LogP contribution in [0.4, 0.5) is 0 Å². The van der Waals surface area contributed by atoms with Gasteiger partial charge in [0.2, 0.25) is 0 Å². The molecule has 0 N–H and O–H groups in total. The minimum atomic E-state index is 0.230. The van der Waals surface area contributed by atoms with E-state index in [9.17, 15) is 0 Å². The Labute approximate surface area is 122 Å². The zero-order valence-electron chi connectivity index (χ0n) is 11.3. The molecular formula is C16H14ClN3. The lowest BCUT2D eigenvalue weighted by atomic mass is 10.1. The Hall–Kier alpha value is -2.00. The number of aromatic nitrogens is 3. The van der Waals surface area contributed by atoms with E-state index < -0.39 is 0 Å². The molecule has 0 aliphatic carbocycles. The first-order chi connectivity index (χ1) is 9.63. The standard InChI is InChI=1S/C16H14ClN3/c1-10(2)16-19-14(9-15(17)20-16)13-8-7-11-5-3-4-6-12(11)18-13/h3-10H,1-2H3. The van der Waals surface area contributed by atoms with Crippen molar-refractivity contribution in [1.29, 1.82) is 0 Å². The molecule has 100 valence electrons. The van der Waals surface area contributed by atoms with Crippen molar-refractivity contribution >= 4 is 22.5 Å². The number of benzene rings is 1. The first-order valence-electron chi connectivity index (χ1n) is 6.54. The normalized spacial score (nSPS) is 11.2. The van der Waals surface area contributed by atoms with Crippen molar-refractivity contribution in [3.63, 3.8) is 0 Å². The number of hydrogen-bond acceptors (Lipinski definition) is 3. The number of halogens is 1. The minimum absolute atomic E-state index is 0.230. The summed E-state index contributed by atoms with van der Waals surface area (Å²) in [5.74, 6) is 0.968. The summed E-state index contributed by atoms with van der Waals surface area (Å²) in [5.41, 5.74) is 2.53. The van der Waals surface area contributed by atoms with Crippen molar-refractivity contribution in [2.24, 2.45) is 0 Å². The van der Waals surface area contributed by atoms with Gasteiger partial charge in [0.15, 0.2) is 0 Å². The van der Waals surface area contributed by atoms with Crippen LogP contribution in [0.5, 0.6) is 0 Å². The first-order valence-corrected chi connectivity index (χ1v) is 6.92. The van der Waals surface area contributed by atoms with Crippen LogP contribution in [-0.2, 0) is 0 Å². The third-order valence-corrected chi connectivity index (χ3v) is 3.28. The monoisotopic (exact) mass is 283 g/mol. The Morgan fingerprint density at radius 1 is 0.900 bits per heavy atom. The maximum atomic E-state index is 6.08. The molecule has 0 amide bonds. The van der Waals surface area contributed by atoms with Gasteiger partial charge < -0.3 is 0 Å². The number of para-hydroxylation sites is 1.